The largest absolute Gasteiger partial charge is 0.507 e. The van der Waals surface area contributed by atoms with E-state index in [2.05, 4.69) is 5.43 Å². The van der Waals surface area contributed by atoms with Gasteiger partial charge in [0.05, 0.1) is 51.6 Å². The number of hydrogen-bond donors (Lipinski definition) is 2. The number of aromatic hydroxyl groups is 1. The summed E-state index contributed by atoms with van der Waals surface area (Å²) < 4.78 is 5.48. The summed E-state index contributed by atoms with van der Waals surface area (Å²) in [5.74, 6) is -6.26. The first-order valence-corrected chi connectivity index (χ1v) is 19.0. The molecule has 4 amide bonds. The molecular formula is C43H32Cl2N4O8. The van der Waals surface area contributed by atoms with Gasteiger partial charge in [0.25, 0.3) is 17.5 Å². The topological polar surface area (TPSA) is 159 Å². The lowest BCUT2D eigenvalue weighted by Crippen LogP contribution is -2.53. The maximum Gasteiger partial charge on any atom is 0.269 e. The van der Waals surface area contributed by atoms with Gasteiger partial charge in [-0.05, 0) is 72.2 Å². The van der Waals surface area contributed by atoms with E-state index < -0.39 is 63.6 Å². The van der Waals surface area contributed by atoms with Crippen molar-refractivity contribution in [2.75, 3.05) is 17.4 Å². The van der Waals surface area contributed by atoms with Crippen LogP contribution in [0.25, 0.3) is 10.8 Å². The summed E-state index contributed by atoms with van der Waals surface area (Å²) in [4.78, 5) is 71.2. The fourth-order valence-electron chi connectivity index (χ4n) is 9.67. The van der Waals surface area contributed by atoms with Crippen molar-refractivity contribution in [1.82, 2.24) is 5.01 Å². The van der Waals surface area contributed by atoms with Gasteiger partial charge >= 0.3 is 0 Å². The van der Waals surface area contributed by atoms with Crippen molar-refractivity contribution in [3.63, 3.8) is 0 Å². The highest BCUT2D eigenvalue weighted by atomic mass is 35.5. The average Bonchev–Trinajstić information content (AvgIpc) is 3.59. The fourth-order valence-corrected chi connectivity index (χ4v) is 10.1. The van der Waals surface area contributed by atoms with Gasteiger partial charge in [0, 0.05) is 34.0 Å². The van der Waals surface area contributed by atoms with Crippen molar-refractivity contribution in [3.8, 4) is 11.5 Å². The van der Waals surface area contributed by atoms with Crippen LogP contribution in [0.15, 0.2) is 115 Å². The molecule has 0 unspecified atom stereocenters. The number of hydrogen-bond acceptors (Lipinski definition) is 9. The minimum absolute atomic E-state index is 0.00803. The predicted octanol–water partition coefficient (Wildman–Crippen LogP) is 7.96. The van der Waals surface area contributed by atoms with Gasteiger partial charge < -0.3 is 9.84 Å². The number of methoxy groups -OCH3 is 1. The summed E-state index contributed by atoms with van der Waals surface area (Å²) in [7, 11) is 1.52. The number of nitro benzene ring substituents is 1. The van der Waals surface area contributed by atoms with Crippen molar-refractivity contribution in [1.29, 1.82) is 0 Å². The molecule has 5 aromatic rings. The number of hydrazine groups is 1. The van der Waals surface area contributed by atoms with Crippen LogP contribution in [0.1, 0.15) is 29.9 Å². The number of benzene rings is 5. The number of fused-ring (bicyclic) bond motifs is 5. The third-order valence-electron chi connectivity index (χ3n) is 12.1. The maximum atomic E-state index is 15.6. The van der Waals surface area contributed by atoms with Crippen molar-refractivity contribution < 1.29 is 33.9 Å². The second-order valence-corrected chi connectivity index (χ2v) is 15.6. The minimum atomic E-state index is -1.67. The highest BCUT2D eigenvalue weighted by Crippen LogP contribution is 2.65. The van der Waals surface area contributed by atoms with E-state index in [1.807, 2.05) is 24.3 Å². The number of amides is 4. The van der Waals surface area contributed by atoms with Gasteiger partial charge in [-0.3, -0.25) is 39.6 Å². The van der Waals surface area contributed by atoms with Gasteiger partial charge in [-0.25, -0.2) is 0 Å². The number of nitrogens with zero attached hydrogens (tertiary/aromatic N) is 3. The molecule has 2 saturated heterocycles. The molecule has 2 N–H and O–H groups in total. The summed E-state index contributed by atoms with van der Waals surface area (Å²) in [6, 6.07) is 27.6. The standard InChI is InChI=1S/C43H32Cl2N4O8/c1-57-27-14-7-23(8-15-27)43-33(40(52)48(42(43)54)46-35-19-9-24(44)20-34(35)45)21-32-29(37(43)31-16-6-22-4-2-3-5-28(22)38(31)50)17-18-30-36(32)41(53)47(39(30)51)25-10-12-26(13-11-25)49(55)56/h2-17,19-20,30,32-33,36-37,46,50H,18,21H2,1H3/t30-,32+,33-,36-,37+,43+/m0/s1. The number of nitrogens with one attached hydrogen (secondary N) is 1. The van der Waals surface area contributed by atoms with Gasteiger partial charge in [0.1, 0.15) is 11.5 Å². The van der Waals surface area contributed by atoms with Crippen LogP contribution in [-0.2, 0) is 24.6 Å². The maximum absolute atomic E-state index is 15.6. The van der Waals surface area contributed by atoms with Crippen LogP contribution >= 0.6 is 23.2 Å². The van der Waals surface area contributed by atoms with E-state index >= 15 is 9.59 Å². The molecule has 3 fully saturated rings. The Bertz CT molecular complexity index is 2600. The summed E-state index contributed by atoms with van der Waals surface area (Å²) in [5.41, 5.74) is 3.06. The molecule has 286 valence electrons. The molecule has 4 aliphatic rings. The Morgan fingerprint density at radius 1 is 0.877 bits per heavy atom. The number of non-ortho nitro benzene ring substituents is 1. The number of phenols is 1. The first-order chi connectivity index (χ1) is 27.4. The number of halogens is 2. The molecule has 0 spiro atoms. The third-order valence-corrected chi connectivity index (χ3v) is 12.7. The minimum Gasteiger partial charge on any atom is -0.507 e. The van der Waals surface area contributed by atoms with Crippen LogP contribution in [0.4, 0.5) is 17.1 Å². The van der Waals surface area contributed by atoms with E-state index in [4.69, 9.17) is 27.9 Å². The number of allylic oxidation sites excluding steroid dienone is 2. The molecule has 6 atom stereocenters. The Hall–Kier alpha value is -6.24. The Morgan fingerprint density at radius 3 is 2.32 bits per heavy atom. The van der Waals surface area contributed by atoms with Gasteiger partial charge in [0.15, 0.2) is 0 Å². The Kier molecular flexibility index (Phi) is 8.59. The molecule has 1 saturated carbocycles. The summed E-state index contributed by atoms with van der Waals surface area (Å²) in [6.07, 6.45) is 2.04. The van der Waals surface area contributed by atoms with Crippen LogP contribution in [-0.4, -0.2) is 45.8 Å². The SMILES string of the molecule is COc1ccc([C@@]23C(=O)N(Nc4ccc(Cl)cc4Cl)C(=O)[C@@H]2C[C@@H]2C(=CC[C@@H]4C(=O)N(c5ccc([N+](=O)[O-])cc5)C(=O)[C@@H]42)[C@@H]3c2ccc3ccccc3c2O)cc1. The van der Waals surface area contributed by atoms with E-state index in [0.29, 0.717) is 32.9 Å². The zero-order valence-electron chi connectivity index (χ0n) is 30.1. The van der Waals surface area contributed by atoms with E-state index in [-0.39, 0.29) is 40.7 Å². The lowest BCUT2D eigenvalue weighted by atomic mass is 9.49. The van der Waals surface area contributed by atoms with Crippen molar-refractivity contribution in [3.05, 3.63) is 146 Å². The van der Waals surface area contributed by atoms with Crippen molar-refractivity contribution >= 4 is 74.7 Å². The quantitative estimate of drug-likeness (QED) is 0.0721. The van der Waals surface area contributed by atoms with Crippen LogP contribution < -0.4 is 15.1 Å². The van der Waals surface area contributed by atoms with Gasteiger partial charge in [-0.15, -0.1) is 0 Å². The molecule has 12 nitrogen and oxygen atoms in total. The van der Waals surface area contributed by atoms with Crippen LogP contribution in [0.2, 0.25) is 10.0 Å². The number of nitro groups is 1. The van der Waals surface area contributed by atoms with E-state index in [9.17, 15) is 24.8 Å². The molecule has 14 heteroatoms. The number of ether oxygens (including phenoxy) is 1. The Morgan fingerprint density at radius 2 is 1.61 bits per heavy atom. The number of phenolic OH excluding ortho intramolecular Hbond substituents is 1. The molecule has 2 heterocycles. The first kappa shape index (κ1) is 36.4. The molecular weight excluding hydrogens is 771 g/mol. The number of rotatable bonds is 7. The lowest BCUT2D eigenvalue weighted by molar-refractivity contribution is -0.384. The van der Waals surface area contributed by atoms with Gasteiger partial charge in [0.2, 0.25) is 11.8 Å². The lowest BCUT2D eigenvalue weighted by Gasteiger charge is -2.50. The zero-order valence-corrected chi connectivity index (χ0v) is 31.6. The van der Waals surface area contributed by atoms with E-state index in [1.165, 1.54) is 37.4 Å². The second-order valence-electron chi connectivity index (χ2n) is 14.7. The third kappa shape index (κ3) is 5.34. The fraction of sp³-hybridized carbons (Fsp3) is 0.209. The van der Waals surface area contributed by atoms with Crippen molar-refractivity contribution in [2.24, 2.45) is 23.7 Å². The molecule has 0 radical (unpaired) electrons. The zero-order chi connectivity index (χ0) is 39.9. The van der Waals surface area contributed by atoms with Crippen LogP contribution in [0, 0.1) is 33.8 Å². The van der Waals surface area contributed by atoms with E-state index in [0.717, 1.165) is 15.3 Å². The van der Waals surface area contributed by atoms with Crippen LogP contribution in [0.3, 0.4) is 0 Å². The summed E-state index contributed by atoms with van der Waals surface area (Å²) >= 11 is 12.7. The van der Waals surface area contributed by atoms with Crippen LogP contribution in [0.5, 0.6) is 11.5 Å². The smallest absolute Gasteiger partial charge is 0.269 e. The Labute approximate surface area is 335 Å². The monoisotopic (exact) mass is 802 g/mol. The molecule has 0 aromatic heterocycles. The second kappa shape index (κ2) is 13.5. The molecule has 2 aliphatic carbocycles. The number of imide groups is 2. The molecule has 5 aromatic carbocycles. The molecule has 9 rings (SSSR count). The predicted molar refractivity (Wildman–Crippen MR) is 212 cm³/mol. The number of carbonyl (C=O) groups excluding carboxylic acids is 4. The Balaban J connectivity index is 1.25. The van der Waals surface area contributed by atoms with Gasteiger partial charge in [-0.2, -0.15) is 5.01 Å². The highest BCUT2D eigenvalue weighted by molar-refractivity contribution is 6.36. The molecule has 0 bridgehead atoms. The summed E-state index contributed by atoms with van der Waals surface area (Å²) in [6.45, 7) is 0. The summed E-state index contributed by atoms with van der Waals surface area (Å²) in [5, 5.41) is 26.4. The number of anilines is 2. The molecule has 57 heavy (non-hydrogen) atoms. The van der Waals surface area contributed by atoms with Gasteiger partial charge in [-0.1, -0.05) is 83.4 Å². The van der Waals surface area contributed by atoms with E-state index in [1.54, 1.807) is 54.6 Å². The molecule has 2 aliphatic heterocycles. The van der Waals surface area contributed by atoms with Crippen molar-refractivity contribution in [2.45, 2.75) is 24.2 Å². The normalized spacial score (nSPS) is 25.2. The highest BCUT2D eigenvalue weighted by Gasteiger charge is 2.70. The average molecular weight is 804 g/mol. The first-order valence-electron chi connectivity index (χ1n) is 18.2. The number of carbonyl (C=O) groups is 4.